The fraction of sp³-hybridized carbons (Fsp3) is 0.238. The molecule has 0 aliphatic rings. The number of nitrogens with zero attached hydrogens (tertiary/aromatic N) is 5. The third kappa shape index (κ3) is 3.96. The molecule has 0 atom stereocenters. The molecule has 0 unspecified atom stereocenters. The lowest BCUT2D eigenvalue weighted by atomic mass is 10.1. The van der Waals surface area contributed by atoms with E-state index >= 15 is 0 Å². The van der Waals surface area contributed by atoms with Crippen LogP contribution in [0.1, 0.15) is 22.5 Å². The third-order valence-corrected chi connectivity index (χ3v) is 4.72. The number of carbonyl (C=O) groups is 1. The van der Waals surface area contributed by atoms with E-state index in [2.05, 4.69) is 15.4 Å². The standard InChI is InChI=1S/C21H22N6O2/c1-15-12-19(16-4-6-17(29-2)7-5-16)25-20-18(13-24-27(15)20)21(28)23-8-3-10-26-11-9-22-14-26/h4-7,9,11-14H,3,8,10H2,1-2H3,(H,23,28). The average Bonchev–Trinajstić information content (AvgIpc) is 3.41. The average molecular weight is 390 g/mol. The Bertz CT molecular complexity index is 1120. The van der Waals surface area contributed by atoms with Gasteiger partial charge in [0.1, 0.15) is 11.3 Å². The molecule has 0 radical (unpaired) electrons. The Kier molecular flexibility index (Phi) is 5.24. The number of amides is 1. The minimum Gasteiger partial charge on any atom is -0.497 e. The molecule has 8 nitrogen and oxygen atoms in total. The fourth-order valence-corrected chi connectivity index (χ4v) is 3.16. The molecular formula is C21H22N6O2. The Morgan fingerprint density at radius 1 is 1.24 bits per heavy atom. The number of hydrogen-bond acceptors (Lipinski definition) is 5. The first-order valence-corrected chi connectivity index (χ1v) is 9.39. The number of aromatic nitrogens is 5. The van der Waals surface area contributed by atoms with Crippen molar-refractivity contribution in [3.05, 3.63) is 66.5 Å². The van der Waals surface area contributed by atoms with Crippen LogP contribution in [0.5, 0.6) is 5.75 Å². The Morgan fingerprint density at radius 2 is 2.07 bits per heavy atom. The summed E-state index contributed by atoms with van der Waals surface area (Å²) < 4.78 is 8.88. The molecular weight excluding hydrogens is 368 g/mol. The number of carbonyl (C=O) groups excluding carboxylic acids is 1. The van der Waals surface area contributed by atoms with Gasteiger partial charge in [0.25, 0.3) is 5.91 Å². The first kappa shape index (κ1) is 18.7. The second kappa shape index (κ2) is 8.14. The maximum atomic E-state index is 12.7. The van der Waals surface area contributed by atoms with Gasteiger partial charge in [0, 0.05) is 36.7 Å². The van der Waals surface area contributed by atoms with Crippen LogP contribution in [-0.2, 0) is 6.54 Å². The second-order valence-corrected chi connectivity index (χ2v) is 6.71. The molecule has 3 heterocycles. The van der Waals surface area contributed by atoms with Crippen LogP contribution < -0.4 is 10.1 Å². The van der Waals surface area contributed by atoms with Gasteiger partial charge in [-0.15, -0.1) is 0 Å². The van der Waals surface area contributed by atoms with Crippen LogP contribution in [-0.4, -0.2) is 43.7 Å². The van der Waals surface area contributed by atoms with Crippen LogP contribution in [0.25, 0.3) is 16.9 Å². The SMILES string of the molecule is COc1ccc(-c2cc(C)n3ncc(C(=O)NCCCn4ccnc4)c3n2)cc1. The van der Waals surface area contributed by atoms with Crippen molar-refractivity contribution in [2.24, 2.45) is 0 Å². The number of ether oxygens (including phenoxy) is 1. The van der Waals surface area contributed by atoms with Crippen molar-refractivity contribution in [2.45, 2.75) is 19.9 Å². The molecule has 0 saturated heterocycles. The Hall–Kier alpha value is -3.68. The third-order valence-electron chi connectivity index (χ3n) is 4.72. The minimum absolute atomic E-state index is 0.176. The summed E-state index contributed by atoms with van der Waals surface area (Å²) in [5.74, 6) is 0.607. The summed E-state index contributed by atoms with van der Waals surface area (Å²) in [6, 6.07) is 9.63. The lowest BCUT2D eigenvalue weighted by Crippen LogP contribution is -2.25. The first-order valence-electron chi connectivity index (χ1n) is 9.39. The number of benzene rings is 1. The number of methoxy groups -OCH3 is 1. The number of fused-ring (bicyclic) bond motifs is 1. The number of rotatable bonds is 7. The molecule has 1 aromatic carbocycles. The van der Waals surface area contributed by atoms with Crippen molar-refractivity contribution < 1.29 is 9.53 Å². The molecule has 3 aromatic heterocycles. The van der Waals surface area contributed by atoms with E-state index in [1.807, 2.05) is 48.0 Å². The van der Waals surface area contributed by atoms with E-state index in [-0.39, 0.29) is 5.91 Å². The minimum atomic E-state index is -0.176. The van der Waals surface area contributed by atoms with E-state index in [4.69, 9.17) is 9.72 Å². The van der Waals surface area contributed by atoms with Crippen LogP contribution in [0.4, 0.5) is 0 Å². The van der Waals surface area contributed by atoms with Gasteiger partial charge >= 0.3 is 0 Å². The van der Waals surface area contributed by atoms with Crippen LogP contribution in [0.15, 0.2) is 55.2 Å². The quantitative estimate of drug-likeness (QED) is 0.491. The van der Waals surface area contributed by atoms with Gasteiger partial charge in [0.05, 0.1) is 25.3 Å². The molecule has 0 aliphatic heterocycles. The normalized spacial score (nSPS) is 11.0. The van der Waals surface area contributed by atoms with Crippen molar-refractivity contribution in [3.63, 3.8) is 0 Å². The summed E-state index contributed by atoms with van der Waals surface area (Å²) in [6.07, 6.45) is 7.79. The maximum Gasteiger partial charge on any atom is 0.256 e. The monoisotopic (exact) mass is 390 g/mol. The highest BCUT2D eigenvalue weighted by molar-refractivity contribution is 5.99. The van der Waals surface area contributed by atoms with E-state index in [9.17, 15) is 4.79 Å². The fourth-order valence-electron chi connectivity index (χ4n) is 3.16. The van der Waals surface area contributed by atoms with Crippen molar-refractivity contribution in [2.75, 3.05) is 13.7 Å². The van der Waals surface area contributed by atoms with Gasteiger partial charge in [-0.2, -0.15) is 5.10 Å². The highest BCUT2D eigenvalue weighted by Gasteiger charge is 2.16. The molecule has 0 fully saturated rings. The number of nitrogens with one attached hydrogen (secondary N) is 1. The zero-order valence-corrected chi connectivity index (χ0v) is 16.4. The molecule has 0 aliphatic carbocycles. The second-order valence-electron chi connectivity index (χ2n) is 6.71. The van der Waals surface area contributed by atoms with Crippen LogP contribution in [0, 0.1) is 6.92 Å². The van der Waals surface area contributed by atoms with Gasteiger partial charge in [-0.05, 0) is 43.7 Å². The summed E-state index contributed by atoms with van der Waals surface area (Å²) in [4.78, 5) is 21.4. The molecule has 0 spiro atoms. The Morgan fingerprint density at radius 3 is 2.79 bits per heavy atom. The molecule has 4 aromatic rings. The Labute approximate surface area is 168 Å². The van der Waals surface area contributed by atoms with E-state index in [1.54, 1.807) is 30.3 Å². The summed E-state index contributed by atoms with van der Waals surface area (Å²) in [6.45, 7) is 3.31. The zero-order chi connectivity index (χ0) is 20.2. The topological polar surface area (TPSA) is 86.3 Å². The molecule has 0 saturated carbocycles. The highest BCUT2D eigenvalue weighted by atomic mass is 16.5. The first-order chi connectivity index (χ1) is 14.2. The smallest absolute Gasteiger partial charge is 0.256 e. The molecule has 148 valence electrons. The lowest BCUT2D eigenvalue weighted by Gasteiger charge is -2.08. The predicted octanol–water partition coefficient (Wildman–Crippen LogP) is 2.73. The summed E-state index contributed by atoms with van der Waals surface area (Å²) in [5.41, 5.74) is 3.64. The van der Waals surface area contributed by atoms with Crippen LogP contribution in [0.3, 0.4) is 0 Å². The zero-order valence-electron chi connectivity index (χ0n) is 16.4. The Balaban J connectivity index is 1.53. The lowest BCUT2D eigenvalue weighted by molar-refractivity contribution is 0.0954. The van der Waals surface area contributed by atoms with Gasteiger partial charge in [0.15, 0.2) is 5.65 Å². The summed E-state index contributed by atoms with van der Waals surface area (Å²) >= 11 is 0. The van der Waals surface area contributed by atoms with Gasteiger partial charge < -0.3 is 14.6 Å². The molecule has 8 heteroatoms. The van der Waals surface area contributed by atoms with E-state index in [0.717, 1.165) is 35.7 Å². The van der Waals surface area contributed by atoms with E-state index in [0.29, 0.717) is 17.8 Å². The van der Waals surface area contributed by atoms with Crippen molar-refractivity contribution in [3.8, 4) is 17.0 Å². The van der Waals surface area contributed by atoms with Gasteiger partial charge in [-0.1, -0.05) is 0 Å². The maximum absolute atomic E-state index is 12.7. The molecule has 1 N–H and O–H groups in total. The molecule has 1 amide bonds. The molecule has 0 bridgehead atoms. The number of hydrogen-bond donors (Lipinski definition) is 1. The van der Waals surface area contributed by atoms with Crippen LogP contribution in [0.2, 0.25) is 0 Å². The van der Waals surface area contributed by atoms with Gasteiger partial charge in [-0.25, -0.2) is 14.5 Å². The van der Waals surface area contributed by atoms with E-state index < -0.39 is 0 Å². The largest absolute Gasteiger partial charge is 0.497 e. The van der Waals surface area contributed by atoms with Crippen LogP contribution >= 0.6 is 0 Å². The van der Waals surface area contributed by atoms with Gasteiger partial charge in [0.2, 0.25) is 0 Å². The van der Waals surface area contributed by atoms with Crippen molar-refractivity contribution in [1.82, 2.24) is 29.5 Å². The van der Waals surface area contributed by atoms with E-state index in [1.165, 1.54) is 0 Å². The summed E-state index contributed by atoms with van der Waals surface area (Å²) in [7, 11) is 1.63. The molecule has 4 rings (SSSR count). The number of imidazole rings is 1. The highest BCUT2D eigenvalue weighted by Crippen LogP contribution is 2.23. The number of aryl methyl sites for hydroxylation is 2. The predicted molar refractivity (Wildman–Crippen MR) is 109 cm³/mol. The molecule has 29 heavy (non-hydrogen) atoms. The summed E-state index contributed by atoms with van der Waals surface area (Å²) in [5, 5.41) is 7.28. The van der Waals surface area contributed by atoms with Crippen molar-refractivity contribution in [1.29, 1.82) is 0 Å². The van der Waals surface area contributed by atoms with Gasteiger partial charge in [-0.3, -0.25) is 4.79 Å². The van der Waals surface area contributed by atoms with Crippen molar-refractivity contribution >= 4 is 11.6 Å².